The first-order valence-corrected chi connectivity index (χ1v) is 8.18. The Labute approximate surface area is 130 Å². The highest BCUT2D eigenvalue weighted by molar-refractivity contribution is 8.00. The van der Waals surface area contributed by atoms with Gasteiger partial charge in [0.05, 0.1) is 10.9 Å². The minimum Gasteiger partial charge on any atom is -0.390 e. The first-order valence-electron chi connectivity index (χ1n) is 7.37. The van der Waals surface area contributed by atoms with Crippen LogP contribution in [0.2, 0.25) is 0 Å². The molecule has 1 N–H and O–H groups in total. The van der Waals surface area contributed by atoms with Gasteiger partial charge in [0.15, 0.2) is 0 Å². The fraction of sp³-hybridized carbons (Fsp3) is 0.333. The van der Waals surface area contributed by atoms with Crippen molar-refractivity contribution in [1.29, 1.82) is 0 Å². The van der Waals surface area contributed by atoms with Crippen molar-refractivity contribution in [2.75, 3.05) is 20.1 Å². The van der Waals surface area contributed by atoms with Crippen molar-refractivity contribution in [2.24, 2.45) is 0 Å². The number of rotatable bonds is 3. The first-order chi connectivity index (χ1) is 10.2. The highest BCUT2D eigenvalue weighted by Crippen LogP contribution is 2.48. The lowest BCUT2D eigenvalue weighted by Gasteiger charge is -2.44. The predicted molar refractivity (Wildman–Crippen MR) is 88.5 cm³/mol. The van der Waals surface area contributed by atoms with Crippen molar-refractivity contribution in [3.8, 4) is 0 Å². The second-order valence-electron chi connectivity index (χ2n) is 5.70. The number of thioether (sulfide) groups is 1. The Morgan fingerprint density at radius 1 is 1.05 bits per heavy atom. The van der Waals surface area contributed by atoms with E-state index in [0.29, 0.717) is 6.54 Å². The van der Waals surface area contributed by atoms with E-state index in [-0.39, 0.29) is 10.9 Å². The molecule has 1 fully saturated rings. The van der Waals surface area contributed by atoms with E-state index >= 15 is 0 Å². The summed E-state index contributed by atoms with van der Waals surface area (Å²) in [5.41, 5.74) is 1.22. The normalized spacial score (nSPS) is 26.7. The number of likely N-dealkylation sites (tertiary alicyclic amines) is 1. The van der Waals surface area contributed by atoms with Crippen molar-refractivity contribution in [2.45, 2.75) is 22.2 Å². The summed E-state index contributed by atoms with van der Waals surface area (Å²) >= 11 is 1.80. The molecule has 0 spiro atoms. The number of β-amino-alcohol motifs (C(OH)–C–C–N with tert-alkyl or cyclic N) is 1. The highest BCUT2D eigenvalue weighted by Gasteiger charge is 2.43. The van der Waals surface area contributed by atoms with E-state index in [0.717, 1.165) is 13.0 Å². The number of hydrogen-bond acceptors (Lipinski definition) is 3. The Morgan fingerprint density at radius 2 is 1.67 bits per heavy atom. The Morgan fingerprint density at radius 3 is 2.29 bits per heavy atom. The second kappa shape index (κ2) is 6.22. The Balaban J connectivity index is 1.99. The van der Waals surface area contributed by atoms with Gasteiger partial charge in [-0.1, -0.05) is 48.5 Å². The fourth-order valence-corrected chi connectivity index (χ4v) is 4.36. The molecular weight excluding hydrogens is 278 g/mol. The van der Waals surface area contributed by atoms with Gasteiger partial charge >= 0.3 is 0 Å². The molecule has 3 heteroatoms. The quantitative estimate of drug-likeness (QED) is 0.940. The molecule has 2 nitrogen and oxygen atoms in total. The van der Waals surface area contributed by atoms with E-state index in [1.165, 1.54) is 10.5 Å². The van der Waals surface area contributed by atoms with Crippen molar-refractivity contribution in [3.05, 3.63) is 66.2 Å². The van der Waals surface area contributed by atoms with Gasteiger partial charge in [-0.05, 0) is 37.7 Å². The van der Waals surface area contributed by atoms with Gasteiger partial charge in [-0.2, -0.15) is 0 Å². The van der Waals surface area contributed by atoms with Crippen LogP contribution in [0.4, 0.5) is 0 Å². The van der Waals surface area contributed by atoms with Crippen LogP contribution in [0, 0.1) is 0 Å². The van der Waals surface area contributed by atoms with Crippen LogP contribution in [-0.4, -0.2) is 36.2 Å². The number of piperidine rings is 1. The maximum Gasteiger partial charge on any atom is 0.0858 e. The third-order valence-electron chi connectivity index (χ3n) is 4.19. The average molecular weight is 299 g/mol. The molecule has 0 amide bonds. The summed E-state index contributed by atoms with van der Waals surface area (Å²) < 4.78 is -0.255. The standard InChI is InChI=1S/C18H21NOS/c1-19-13-12-18(17(20)14-19,15-8-4-2-5-9-15)21-16-10-6-3-7-11-16/h2-11,17,20H,12-14H2,1H3. The van der Waals surface area contributed by atoms with Crippen LogP contribution >= 0.6 is 11.8 Å². The number of nitrogens with zero attached hydrogens (tertiary/aromatic N) is 1. The lowest BCUT2D eigenvalue weighted by molar-refractivity contribution is 0.0492. The molecule has 1 aliphatic rings. The van der Waals surface area contributed by atoms with Crippen molar-refractivity contribution >= 4 is 11.8 Å². The van der Waals surface area contributed by atoms with E-state index < -0.39 is 0 Å². The lowest BCUT2D eigenvalue weighted by Crippen LogP contribution is -2.50. The van der Waals surface area contributed by atoms with Gasteiger partial charge in [0, 0.05) is 11.4 Å². The lowest BCUT2D eigenvalue weighted by atomic mass is 9.86. The summed E-state index contributed by atoms with van der Waals surface area (Å²) in [6.45, 7) is 1.72. The molecule has 0 saturated carbocycles. The minimum absolute atomic E-state index is 0.255. The molecule has 0 radical (unpaired) electrons. The Hall–Kier alpha value is -1.29. The van der Waals surface area contributed by atoms with Crippen LogP contribution in [0.25, 0.3) is 0 Å². The van der Waals surface area contributed by atoms with Crippen LogP contribution in [0.15, 0.2) is 65.6 Å². The third-order valence-corrected chi connectivity index (χ3v) is 5.78. The van der Waals surface area contributed by atoms with Crippen LogP contribution in [-0.2, 0) is 4.75 Å². The van der Waals surface area contributed by atoms with E-state index in [9.17, 15) is 5.11 Å². The molecule has 2 aromatic carbocycles. The number of likely N-dealkylation sites (N-methyl/N-ethyl adjacent to an activating group) is 1. The highest BCUT2D eigenvalue weighted by atomic mass is 32.2. The first kappa shape index (κ1) is 14.6. The molecule has 2 unspecified atom stereocenters. The van der Waals surface area contributed by atoms with E-state index in [1.54, 1.807) is 11.8 Å². The molecule has 1 saturated heterocycles. The van der Waals surface area contributed by atoms with Gasteiger partial charge in [0.2, 0.25) is 0 Å². The molecule has 2 aromatic rings. The van der Waals surface area contributed by atoms with Gasteiger partial charge < -0.3 is 10.0 Å². The predicted octanol–water partition coefficient (Wildman–Crippen LogP) is 3.37. The van der Waals surface area contributed by atoms with E-state index in [2.05, 4.69) is 60.5 Å². The number of aliphatic hydroxyl groups is 1. The molecule has 21 heavy (non-hydrogen) atoms. The number of aliphatic hydroxyl groups excluding tert-OH is 1. The molecular formula is C18H21NOS. The van der Waals surface area contributed by atoms with Crippen LogP contribution in [0.3, 0.4) is 0 Å². The third kappa shape index (κ3) is 3.00. The Kier molecular flexibility index (Phi) is 4.34. The molecule has 1 aliphatic heterocycles. The zero-order valence-electron chi connectivity index (χ0n) is 12.3. The van der Waals surface area contributed by atoms with Crippen molar-refractivity contribution in [3.63, 3.8) is 0 Å². The van der Waals surface area contributed by atoms with Gasteiger partial charge in [-0.3, -0.25) is 0 Å². The molecule has 0 aliphatic carbocycles. The molecule has 110 valence electrons. The van der Waals surface area contributed by atoms with Crippen LogP contribution in [0.1, 0.15) is 12.0 Å². The summed E-state index contributed by atoms with van der Waals surface area (Å²) in [6, 6.07) is 20.8. The summed E-state index contributed by atoms with van der Waals surface area (Å²) in [5, 5.41) is 10.8. The summed E-state index contributed by atoms with van der Waals surface area (Å²) in [6.07, 6.45) is 0.581. The number of benzene rings is 2. The van der Waals surface area contributed by atoms with Crippen molar-refractivity contribution < 1.29 is 5.11 Å². The monoisotopic (exact) mass is 299 g/mol. The maximum atomic E-state index is 10.8. The molecule has 2 atom stereocenters. The average Bonchev–Trinajstić information content (AvgIpc) is 2.52. The van der Waals surface area contributed by atoms with Gasteiger partial charge in [-0.15, -0.1) is 11.8 Å². The molecule has 0 aromatic heterocycles. The minimum atomic E-state index is -0.371. The molecule has 1 heterocycles. The smallest absolute Gasteiger partial charge is 0.0858 e. The van der Waals surface area contributed by atoms with Crippen LogP contribution < -0.4 is 0 Å². The van der Waals surface area contributed by atoms with E-state index in [1.807, 2.05) is 12.1 Å². The maximum absolute atomic E-state index is 10.8. The van der Waals surface area contributed by atoms with Gasteiger partial charge in [0.25, 0.3) is 0 Å². The SMILES string of the molecule is CN1CCC(Sc2ccccc2)(c2ccccc2)C(O)C1. The molecule has 0 bridgehead atoms. The Bertz CT molecular complexity index is 574. The molecule has 3 rings (SSSR count). The second-order valence-corrected chi connectivity index (χ2v) is 7.10. The topological polar surface area (TPSA) is 23.5 Å². The van der Waals surface area contributed by atoms with Gasteiger partial charge in [0.1, 0.15) is 0 Å². The zero-order chi connectivity index (χ0) is 14.7. The van der Waals surface area contributed by atoms with Crippen LogP contribution in [0.5, 0.6) is 0 Å². The summed E-state index contributed by atoms with van der Waals surface area (Å²) in [4.78, 5) is 3.42. The largest absolute Gasteiger partial charge is 0.390 e. The van der Waals surface area contributed by atoms with E-state index in [4.69, 9.17) is 0 Å². The summed E-state index contributed by atoms with van der Waals surface area (Å²) in [7, 11) is 2.07. The summed E-state index contributed by atoms with van der Waals surface area (Å²) in [5.74, 6) is 0. The zero-order valence-corrected chi connectivity index (χ0v) is 13.1. The number of hydrogen-bond donors (Lipinski definition) is 1. The van der Waals surface area contributed by atoms with Gasteiger partial charge in [-0.25, -0.2) is 0 Å². The fourth-order valence-electron chi connectivity index (χ4n) is 2.99. The van der Waals surface area contributed by atoms with Crippen molar-refractivity contribution in [1.82, 2.24) is 4.90 Å².